The van der Waals surface area contributed by atoms with Crippen LogP contribution >= 0.6 is 11.6 Å². The van der Waals surface area contributed by atoms with E-state index >= 15 is 0 Å². The number of rotatable bonds is 6. The standard InChI is InChI=1S/C18H17ClFNO4/c1-11(18(23)21-15-5-3-4-14(20)10-15)25-17(22)9-12-8-13(19)6-7-16(12)24-2/h3-8,10-11H,9H2,1-2H3,(H,21,23)/t11-/m0/s1. The monoisotopic (exact) mass is 365 g/mol. The third kappa shape index (κ3) is 5.46. The first-order valence-electron chi connectivity index (χ1n) is 7.47. The predicted octanol–water partition coefficient (Wildman–Crippen LogP) is 3.60. The molecule has 0 aliphatic carbocycles. The topological polar surface area (TPSA) is 64.6 Å². The van der Waals surface area contributed by atoms with Crippen LogP contribution in [0.15, 0.2) is 42.5 Å². The SMILES string of the molecule is COc1ccc(Cl)cc1CC(=O)O[C@@H](C)C(=O)Nc1cccc(F)c1. The molecule has 1 amide bonds. The third-order valence-electron chi connectivity index (χ3n) is 3.35. The first-order valence-corrected chi connectivity index (χ1v) is 7.85. The van der Waals surface area contributed by atoms with Crippen molar-refractivity contribution in [3.8, 4) is 5.75 Å². The maximum Gasteiger partial charge on any atom is 0.311 e. The Labute approximate surface area is 149 Å². The number of halogens is 2. The molecule has 7 heteroatoms. The Morgan fingerprint density at radius 3 is 2.68 bits per heavy atom. The molecule has 0 aliphatic heterocycles. The van der Waals surface area contributed by atoms with Gasteiger partial charge < -0.3 is 14.8 Å². The Morgan fingerprint density at radius 1 is 1.24 bits per heavy atom. The van der Waals surface area contributed by atoms with E-state index in [4.69, 9.17) is 21.1 Å². The Kier molecular flexibility index (Phi) is 6.36. The maximum absolute atomic E-state index is 13.1. The molecule has 0 unspecified atom stereocenters. The van der Waals surface area contributed by atoms with Crippen LogP contribution in [0.4, 0.5) is 10.1 Å². The van der Waals surface area contributed by atoms with Crippen LogP contribution in [0, 0.1) is 5.82 Å². The molecule has 0 bridgehead atoms. The number of methoxy groups -OCH3 is 1. The second-order valence-corrected chi connectivity index (χ2v) is 5.70. The van der Waals surface area contributed by atoms with Gasteiger partial charge in [-0.2, -0.15) is 0 Å². The highest BCUT2D eigenvalue weighted by Gasteiger charge is 2.19. The van der Waals surface area contributed by atoms with Gasteiger partial charge in [-0.1, -0.05) is 17.7 Å². The summed E-state index contributed by atoms with van der Waals surface area (Å²) in [5.74, 6) is -1.15. The molecule has 0 saturated carbocycles. The molecule has 132 valence electrons. The van der Waals surface area contributed by atoms with E-state index in [1.165, 1.54) is 38.3 Å². The third-order valence-corrected chi connectivity index (χ3v) is 3.58. The number of amides is 1. The van der Waals surface area contributed by atoms with E-state index in [1.807, 2.05) is 0 Å². The molecule has 0 fully saturated rings. The van der Waals surface area contributed by atoms with Crippen LogP contribution in [0.2, 0.25) is 5.02 Å². The first kappa shape index (κ1) is 18.7. The summed E-state index contributed by atoms with van der Waals surface area (Å²) in [6.07, 6.45) is -1.14. The fourth-order valence-corrected chi connectivity index (χ4v) is 2.34. The lowest BCUT2D eigenvalue weighted by Crippen LogP contribution is -2.30. The summed E-state index contributed by atoms with van der Waals surface area (Å²) < 4.78 is 23.4. The number of carbonyl (C=O) groups is 2. The molecule has 2 aromatic rings. The van der Waals surface area contributed by atoms with Gasteiger partial charge in [0.05, 0.1) is 13.5 Å². The number of ether oxygens (including phenoxy) is 2. The Balaban J connectivity index is 1.95. The summed E-state index contributed by atoms with van der Waals surface area (Å²) in [7, 11) is 1.48. The van der Waals surface area contributed by atoms with Gasteiger partial charge in [0.1, 0.15) is 11.6 Å². The molecule has 0 heterocycles. The zero-order chi connectivity index (χ0) is 18.4. The van der Waals surface area contributed by atoms with Gasteiger partial charge in [0, 0.05) is 16.3 Å². The Hall–Kier alpha value is -2.60. The molecular formula is C18H17ClFNO4. The van der Waals surface area contributed by atoms with Crippen molar-refractivity contribution in [2.24, 2.45) is 0 Å². The van der Waals surface area contributed by atoms with Crippen molar-refractivity contribution in [2.45, 2.75) is 19.4 Å². The summed E-state index contributed by atoms with van der Waals surface area (Å²) in [6, 6.07) is 10.3. The fourth-order valence-electron chi connectivity index (χ4n) is 2.14. The van der Waals surface area contributed by atoms with Gasteiger partial charge >= 0.3 is 5.97 Å². The molecule has 0 aromatic heterocycles. The van der Waals surface area contributed by atoms with Crippen molar-refractivity contribution in [1.29, 1.82) is 0 Å². The van der Waals surface area contributed by atoms with Gasteiger partial charge in [-0.25, -0.2) is 4.39 Å². The van der Waals surface area contributed by atoms with Crippen molar-refractivity contribution in [3.63, 3.8) is 0 Å². The van der Waals surface area contributed by atoms with Gasteiger partial charge in [-0.15, -0.1) is 0 Å². The molecule has 1 N–H and O–H groups in total. The Bertz CT molecular complexity index is 781. The number of nitrogens with one attached hydrogen (secondary N) is 1. The Morgan fingerprint density at radius 2 is 2.00 bits per heavy atom. The zero-order valence-corrected chi connectivity index (χ0v) is 14.5. The van der Waals surface area contributed by atoms with Gasteiger partial charge in [-0.05, 0) is 43.3 Å². The smallest absolute Gasteiger partial charge is 0.311 e. The lowest BCUT2D eigenvalue weighted by atomic mass is 10.1. The van der Waals surface area contributed by atoms with Crippen LogP contribution in [0.25, 0.3) is 0 Å². The number of hydrogen-bond acceptors (Lipinski definition) is 4. The largest absolute Gasteiger partial charge is 0.496 e. The molecule has 5 nitrogen and oxygen atoms in total. The van der Waals surface area contributed by atoms with Gasteiger partial charge in [0.2, 0.25) is 0 Å². The fraction of sp³-hybridized carbons (Fsp3) is 0.222. The van der Waals surface area contributed by atoms with Crippen molar-refractivity contribution < 1.29 is 23.5 Å². The van der Waals surface area contributed by atoms with Crippen LogP contribution in [0.1, 0.15) is 12.5 Å². The summed E-state index contributed by atoms with van der Waals surface area (Å²) >= 11 is 5.91. The normalized spacial score (nSPS) is 11.5. The van der Waals surface area contributed by atoms with Crippen molar-refractivity contribution >= 4 is 29.2 Å². The lowest BCUT2D eigenvalue weighted by molar-refractivity contribution is -0.152. The van der Waals surface area contributed by atoms with Crippen molar-refractivity contribution in [2.75, 3.05) is 12.4 Å². The van der Waals surface area contributed by atoms with Gasteiger partial charge in [-0.3, -0.25) is 9.59 Å². The first-order chi connectivity index (χ1) is 11.9. The van der Waals surface area contributed by atoms with Gasteiger partial charge in [0.15, 0.2) is 6.10 Å². The predicted molar refractivity (Wildman–Crippen MR) is 92.3 cm³/mol. The molecule has 1 atom stereocenters. The molecule has 0 radical (unpaired) electrons. The number of carbonyl (C=O) groups excluding carboxylic acids is 2. The van der Waals surface area contributed by atoms with Crippen LogP contribution in [0.3, 0.4) is 0 Å². The molecule has 0 aliphatic rings. The molecule has 2 aromatic carbocycles. The summed E-state index contributed by atoms with van der Waals surface area (Å²) in [5.41, 5.74) is 0.835. The number of anilines is 1. The second-order valence-electron chi connectivity index (χ2n) is 5.26. The molecule has 0 spiro atoms. The zero-order valence-electron chi connectivity index (χ0n) is 13.7. The summed E-state index contributed by atoms with van der Waals surface area (Å²) in [4.78, 5) is 24.1. The molecule has 2 rings (SSSR count). The minimum Gasteiger partial charge on any atom is -0.496 e. The minimum absolute atomic E-state index is 0.0959. The van der Waals surface area contributed by atoms with E-state index in [0.29, 0.717) is 16.3 Å². The highest BCUT2D eigenvalue weighted by Crippen LogP contribution is 2.23. The van der Waals surface area contributed by atoms with Crippen LogP contribution in [0.5, 0.6) is 5.75 Å². The van der Waals surface area contributed by atoms with E-state index in [-0.39, 0.29) is 12.1 Å². The van der Waals surface area contributed by atoms with Crippen LogP contribution < -0.4 is 10.1 Å². The van der Waals surface area contributed by atoms with E-state index in [2.05, 4.69) is 5.32 Å². The van der Waals surface area contributed by atoms with E-state index in [9.17, 15) is 14.0 Å². The highest BCUT2D eigenvalue weighted by atomic mass is 35.5. The number of hydrogen-bond donors (Lipinski definition) is 1. The van der Waals surface area contributed by atoms with Crippen molar-refractivity contribution in [1.82, 2.24) is 0 Å². The van der Waals surface area contributed by atoms with Gasteiger partial charge in [0.25, 0.3) is 5.91 Å². The number of benzene rings is 2. The molecule has 0 saturated heterocycles. The summed E-state index contributed by atoms with van der Waals surface area (Å²) in [5, 5.41) is 2.94. The van der Waals surface area contributed by atoms with Crippen LogP contribution in [-0.2, 0) is 20.7 Å². The van der Waals surface area contributed by atoms with E-state index in [0.717, 1.165) is 0 Å². The van der Waals surface area contributed by atoms with Crippen LogP contribution in [-0.4, -0.2) is 25.1 Å². The van der Waals surface area contributed by atoms with Crippen molar-refractivity contribution in [3.05, 3.63) is 58.9 Å². The highest BCUT2D eigenvalue weighted by molar-refractivity contribution is 6.30. The average molecular weight is 366 g/mol. The number of esters is 1. The second kappa shape index (κ2) is 8.48. The quantitative estimate of drug-likeness (QED) is 0.794. The van der Waals surface area contributed by atoms with E-state index < -0.39 is 23.8 Å². The lowest BCUT2D eigenvalue weighted by Gasteiger charge is -2.14. The average Bonchev–Trinajstić information content (AvgIpc) is 2.55. The minimum atomic E-state index is -1.04. The molecule has 25 heavy (non-hydrogen) atoms. The van der Waals surface area contributed by atoms with E-state index in [1.54, 1.807) is 18.2 Å². The summed E-state index contributed by atoms with van der Waals surface area (Å²) in [6.45, 7) is 1.43. The maximum atomic E-state index is 13.1. The molecular weight excluding hydrogens is 349 g/mol.